The third-order valence-corrected chi connectivity index (χ3v) is 5.28. The Kier molecular flexibility index (Phi) is 6.84. The Morgan fingerprint density at radius 3 is 2.45 bits per heavy atom. The van der Waals surface area contributed by atoms with E-state index in [-0.39, 0.29) is 40.5 Å². The SMILES string of the molecule is Cc1nc(OCc2ccc(F)cc2F)c(Br)c(=O)n1Cc1ccc(C(=O)N(C)C)cc1. The lowest BCUT2D eigenvalue weighted by Gasteiger charge is -2.14. The monoisotopic (exact) mass is 491 g/mol. The van der Waals surface area contributed by atoms with Gasteiger partial charge in [-0.05, 0) is 52.7 Å². The third-order valence-electron chi connectivity index (χ3n) is 4.60. The van der Waals surface area contributed by atoms with Crippen molar-refractivity contribution in [2.75, 3.05) is 14.1 Å². The van der Waals surface area contributed by atoms with E-state index in [0.29, 0.717) is 11.4 Å². The summed E-state index contributed by atoms with van der Waals surface area (Å²) < 4.78 is 33.9. The summed E-state index contributed by atoms with van der Waals surface area (Å²) in [5.74, 6) is -1.11. The molecular weight excluding hydrogens is 472 g/mol. The average molecular weight is 492 g/mol. The zero-order chi connectivity index (χ0) is 22.7. The van der Waals surface area contributed by atoms with Crippen molar-refractivity contribution in [3.05, 3.63) is 91.4 Å². The van der Waals surface area contributed by atoms with Gasteiger partial charge in [-0.25, -0.2) is 8.78 Å². The van der Waals surface area contributed by atoms with Crippen LogP contribution in [0.1, 0.15) is 27.3 Å². The first-order chi connectivity index (χ1) is 14.7. The Labute approximate surface area is 186 Å². The van der Waals surface area contributed by atoms with Gasteiger partial charge in [-0.15, -0.1) is 0 Å². The highest BCUT2D eigenvalue weighted by Gasteiger charge is 2.16. The molecule has 9 heteroatoms. The maximum atomic E-state index is 13.8. The van der Waals surface area contributed by atoms with Crippen LogP contribution in [0.3, 0.4) is 0 Å². The number of hydrogen-bond donors (Lipinski definition) is 0. The van der Waals surface area contributed by atoms with Crippen LogP contribution >= 0.6 is 15.9 Å². The van der Waals surface area contributed by atoms with Gasteiger partial charge in [-0.3, -0.25) is 14.2 Å². The van der Waals surface area contributed by atoms with Crippen LogP contribution in [0.25, 0.3) is 0 Å². The third kappa shape index (κ3) is 5.16. The Bertz CT molecular complexity index is 1180. The lowest BCUT2D eigenvalue weighted by Crippen LogP contribution is -2.26. The molecule has 3 rings (SSSR count). The first-order valence-electron chi connectivity index (χ1n) is 9.31. The zero-order valence-corrected chi connectivity index (χ0v) is 18.7. The number of aromatic nitrogens is 2. The number of hydrogen-bond acceptors (Lipinski definition) is 4. The number of rotatable bonds is 6. The zero-order valence-electron chi connectivity index (χ0n) is 17.2. The topological polar surface area (TPSA) is 64.4 Å². The highest BCUT2D eigenvalue weighted by Crippen LogP contribution is 2.21. The quantitative estimate of drug-likeness (QED) is 0.524. The molecule has 2 aromatic carbocycles. The minimum absolute atomic E-state index is 0.0226. The van der Waals surface area contributed by atoms with Gasteiger partial charge in [0.1, 0.15) is 28.5 Å². The Hall–Kier alpha value is -3.07. The normalized spacial score (nSPS) is 10.8. The molecule has 0 saturated heterocycles. The Morgan fingerprint density at radius 2 is 1.84 bits per heavy atom. The molecule has 0 spiro atoms. The molecular formula is C22H20BrF2N3O3. The van der Waals surface area contributed by atoms with Crippen LogP contribution in [-0.4, -0.2) is 34.5 Å². The molecule has 6 nitrogen and oxygen atoms in total. The molecule has 0 fully saturated rings. The van der Waals surface area contributed by atoms with Crippen LogP contribution in [0, 0.1) is 18.6 Å². The summed E-state index contributed by atoms with van der Waals surface area (Å²) in [6.45, 7) is 1.70. The predicted octanol–water partition coefficient (Wildman–Crippen LogP) is 3.92. The van der Waals surface area contributed by atoms with E-state index in [0.717, 1.165) is 17.7 Å². The number of aryl methyl sites for hydroxylation is 1. The van der Waals surface area contributed by atoms with Crippen LogP contribution in [0.2, 0.25) is 0 Å². The first kappa shape index (κ1) is 22.6. The number of ether oxygens (including phenoxy) is 1. The summed E-state index contributed by atoms with van der Waals surface area (Å²) in [6, 6.07) is 10.1. The van der Waals surface area contributed by atoms with Crippen molar-refractivity contribution < 1.29 is 18.3 Å². The maximum absolute atomic E-state index is 13.8. The highest BCUT2D eigenvalue weighted by molar-refractivity contribution is 9.10. The van der Waals surface area contributed by atoms with Crippen molar-refractivity contribution in [2.45, 2.75) is 20.1 Å². The highest BCUT2D eigenvalue weighted by atomic mass is 79.9. The molecule has 0 atom stereocenters. The second-order valence-corrected chi connectivity index (χ2v) is 7.88. The van der Waals surface area contributed by atoms with Crippen molar-refractivity contribution in [3.8, 4) is 5.88 Å². The molecule has 0 aliphatic heterocycles. The average Bonchev–Trinajstić information content (AvgIpc) is 2.73. The van der Waals surface area contributed by atoms with E-state index in [1.54, 1.807) is 45.3 Å². The van der Waals surface area contributed by atoms with E-state index in [4.69, 9.17) is 4.74 Å². The fourth-order valence-corrected chi connectivity index (χ4v) is 3.29. The fraction of sp³-hybridized carbons (Fsp3) is 0.227. The van der Waals surface area contributed by atoms with Gasteiger partial charge in [0, 0.05) is 31.3 Å². The molecule has 0 bridgehead atoms. The Morgan fingerprint density at radius 1 is 1.16 bits per heavy atom. The number of halogens is 3. The molecule has 1 aromatic heterocycles. The van der Waals surface area contributed by atoms with Crippen molar-refractivity contribution in [3.63, 3.8) is 0 Å². The number of benzene rings is 2. The van der Waals surface area contributed by atoms with Gasteiger partial charge >= 0.3 is 0 Å². The summed E-state index contributed by atoms with van der Waals surface area (Å²) in [5.41, 5.74) is 1.14. The molecule has 0 aliphatic rings. The number of nitrogens with zero attached hydrogens (tertiary/aromatic N) is 3. The summed E-state index contributed by atoms with van der Waals surface area (Å²) in [7, 11) is 3.35. The van der Waals surface area contributed by atoms with Crippen molar-refractivity contribution in [1.82, 2.24) is 14.5 Å². The summed E-state index contributed by atoms with van der Waals surface area (Å²) in [6.07, 6.45) is 0. The van der Waals surface area contributed by atoms with Crippen LogP contribution in [0.5, 0.6) is 5.88 Å². The van der Waals surface area contributed by atoms with Gasteiger partial charge < -0.3 is 9.64 Å². The first-order valence-corrected chi connectivity index (χ1v) is 10.1. The van der Waals surface area contributed by atoms with Crippen LogP contribution < -0.4 is 10.3 Å². The van der Waals surface area contributed by atoms with E-state index >= 15 is 0 Å². The smallest absolute Gasteiger partial charge is 0.272 e. The van der Waals surface area contributed by atoms with Gasteiger partial charge in [0.2, 0.25) is 5.88 Å². The molecule has 1 amide bonds. The molecule has 162 valence electrons. The molecule has 1 heterocycles. The molecule has 0 N–H and O–H groups in total. The van der Waals surface area contributed by atoms with E-state index in [1.807, 2.05) is 0 Å². The van der Waals surface area contributed by atoms with E-state index < -0.39 is 11.6 Å². The molecule has 3 aromatic rings. The second-order valence-electron chi connectivity index (χ2n) is 7.09. The standard InChI is InChI=1S/C22H20BrF2N3O3/c1-13-26-20(31-12-16-8-9-17(24)10-18(16)25)19(23)22(30)28(13)11-14-4-6-15(7-5-14)21(29)27(2)3/h4-10H,11-12H2,1-3H3. The minimum atomic E-state index is -0.739. The predicted molar refractivity (Wildman–Crippen MR) is 115 cm³/mol. The minimum Gasteiger partial charge on any atom is -0.472 e. The van der Waals surface area contributed by atoms with Gasteiger partial charge in [-0.2, -0.15) is 4.98 Å². The lowest BCUT2D eigenvalue weighted by atomic mass is 10.1. The molecule has 0 saturated carbocycles. The number of amides is 1. The van der Waals surface area contributed by atoms with Crippen molar-refractivity contribution >= 4 is 21.8 Å². The van der Waals surface area contributed by atoms with Gasteiger partial charge in [0.05, 0.1) is 6.54 Å². The number of carbonyl (C=O) groups is 1. The van der Waals surface area contributed by atoms with E-state index in [2.05, 4.69) is 20.9 Å². The van der Waals surface area contributed by atoms with Gasteiger partial charge in [-0.1, -0.05) is 12.1 Å². The summed E-state index contributed by atoms with van der Waals surface area (Å²) >= 11 is 3.20. The van der Waals surface area contributed by atoms with Gasteiger partial charge in [0.25, 0.3) is 11.5 Å². The number of carbonyl (C=O) groups excluding carboxylic acids is 1. The van der Waals surface area contributed by atoms with Crippen molar-refractivity contribution in [2.24, 2.45) is 0 Å². The van der Waals surface area contributed by atoms with Crippen LogP contribution in [0.15, 0.2) is 51.7 Å². The summed E-state index contributed by atoms with van der Waals surface area (Å²) in [5, 5.41) is 0. The Balaban J connectivity index is 1.80. The summed E-state index contributed by atoms with van der Waals surface area (Å²) in [4.78, 5) is 30.6. The van der Waals surface area contributed by atoms with E-state index in [1.165, 1.54) is 15.5 Å². The van der Waals surface area contributed by atoms with Gasteiger partial charge in [0.15, 0.2) is 0 Å². The largest absolute Gasteiger partial charge is 0.472 e. The lowest BCUT2D eigenvalue weighted by molar-refractivity contribution is 0.0827. The maximum Gasteiger partial charge on any atom is 0.272 e. The van der Waals surface area contributed by atoms with E-state index in [9.17, 15) is 18.4 Å². The second kappa shape index (κ2) is 9.38. The molecule has 31 heavy (non-hydrogen) atoms. The van der Waals surface area contributed by atoms with Crippen LogP contribution in [-0.2, 0) is 13.2 Å². The fourth-order valence-electron chi connectivity index (χ4n) is 2.87. The molecule has 0 unspecified atom stereocenters. The molecule has 0 radical (unpaired) electrons. The van der Waals surface area contributed by atoms with Crippen molar-refractivity contribution in [1.29, 1.82) is 0 Å². The molecule has 0 aliphatic carbocycles. The van der Waals surface area contributed by atoms with Crippen LogP contribution in [0.4, 0.5) is 8.78 Å².